The van der Waals surface area contributed by atoms with Gasteiger partial charge in [0.05, 0.1) is 14.2 Å². The molecule has 0 bridgehead atoms. The van der Waals surface area contributed by atoms with Crippen LogP contribution in [0.4, 0.5) is 0 Å². The first-order valence-corrected chi connectivity index (χ1v) is 4.26. The average molecular weight is 246 g/mol. The highest BCUT2D eigenvalue weighted by atomic mass is 79.9. The molecule has 0 fully saturated rings. The van der Waals surface area contributed by atoms with Gasteiger partial charge >= 0.3 is 5.97 Å². The molecular formula is C8H8BrNO3. The van der Waals surface area contributed by atoms with E-state index in [1.807, 2.05) is 0 Å². The largest absolute Gasteiger partial charge is 0.497 e. The van der Waals surface area contributed by atoms with Crippen molar-refractivity contribution in [1.29, 1.82) is 0 Å². The third-order valence-electron chi connectivity index (χ3n) is 1.40. The number of halogens is 1. The molecule has 1 rings (SSSR count). The van der Waals surface area contributed by atoms with Crippen molar-refractivity contribution in [2.24, 2.45) is 0 Å². The molecule has 0 unspecified atom stereocenters. The van der Waals surface area contributed by atoms with Crippen molar-refractivity contribution in [3.8, 4) is 5.75 Å². The van der Waals surface area contributed by atoms with Crippen molar-refractivity contribution in [3.05, 3.63) is 22.4 Å². The minimum absolute atomic E-state index is 0.216. The smallest absolute Gasteiger partial charge is 0.356 e. The molecule has 0 saturated carbocycles. The molecule has 0 radical (unpaired) electrons. The molecule has 0 aliphatic heterocycles. The predicted molar refractivity (Wildman–Crippen MR) is 49.8 cm³/mol. The molecule has 0 aromatic carbocycles. The number of methoxy groups -OCH3 is 2. The van der Waals surface area contributed by atoms with E-state index in [9.17, 15) is 4.79 Å². The Morgan fingerprint density at radius 3 is 2.69 bits per heavy atom. The Kier molecular flexibility index (Phi) is 3.25. The van der Waals surface area contributed by atoms with Crippen molar-refractivity contribution < 1.29 is 14.3 Å². The predicted octanol–water partition coefficient (Wildman–Crippen LogP) is 1.64. The van der Waals surface area contributed by atoms with E-state index in [1.165, 1.54) is 20.3 Å². The summed E-state index contributed by atoms with van der Waals surface area (Å²) in [4.78, 5) is 15.0. The molecule has 1 aromatic heterocycles. The van der Waals surface area contributed by atoms with Crippen LogP contribution in [0.2, 0.25) is 0 Å². The first-order valence-electron chi connectivity index (χ1n) is 3.47. The maximum Gasteiger partial charge on any atom is 0.356 e. The van der Waals surface area contributed by atoms with Gasteiger partial charge in [-0.25, -0.2) is 9.78 Å². The zero-order chi connectivity index (χ0) is 9.84. The molecule has 1 aromatic rings. The van der Waals surface area contributed by atoms with Gasteiger partial charge in [0, 0.05) is 12.1 Å². The lowest BCUT2D eigenvalue weighted by atomic mass is 10.3. The molecule has 0 amide bonds. The Labute approximate surface area is 84.0 Å². The Balaban J connectivity index is 3.08. The molecule has 70 valence electrons. The van der Waals surface area contributed by atoms with Crippen LogP contribution in [0.1, 0.15) is 10.5 Å². The lowest BCUT2D eigenvalue weighted by Gasteiger charge is -2.02. The van der Waals surface area contributed by atoms with Gasteiger partial charge in [-0.3, -0.25) is 0 Å². The van der Waals surface area contributed by atoms with Crippen LogP contribution in [0.15, 0.2) is 16.7 Å². The quantitative estimate of drug-likeness (QED) is 0.587. The fourth-order valence-corrected chi connectivity index (χ4v) is 1.22. The molecular weight excluding hydrogens is 238 g/mol. The summed E-state index contributed by atoms with van der Waals surface area (Å²) in [7, 11) is 2.82. The maximum absolute atomic E-state index is 11.1. The van der Waals surface area contributed by atoms with E-state index >= 15 is 0 Å². The fourth-order valence-electron chi connectivity index (χ4n) is 0.800. The highest BCUT2D eigenvalue weighted by molar-refractivity contribution is 9.10. The number of nitrogens with zero attached hydrogens (tertiary/aromatic N) is 1. The van der Waals surface area contributed by atoms with E-state index in [-0.39, 0.29) is 5.69 Å². The number of ether oxygens (including phenoxy) is 2. The molecule has 1 heterocycles. The number of carbonyl (C=O) groups excluding carboxylic acids is 1. The number of carbonyl (C=O) groups is 1. The second-order valence-electron chi connectivity index (χ2n) is 2.21. The molecule has 0 spiro atoms. The lowest BCUT2D eigenvalue weighted by Crippen LogP contribution is -2.04. The monoisotopic (exact) mass is 245 g/mol. The lowest BCUT2D eigenvalue weighted by molar-refractivity contribution is 0.0593. The number of esters is 1. The van der Waals surface area contributed by atoms with Crippen molar-refractivity contribution in [2.75, 3.05) is 14.2 Å². The van der Waals surface area contributed by atoms with E-state index in [2.05, 4.69) is 25.7 Å². The number of hydrogen-bond acceptors (Lipinski definition) is 4. The standard InChI is InChI=1S/C8H8BrNO3/c1-12-5-3-6(8(11)13-2)10-7(9)4-5/h3-4H,1-2H3. The van der Waals surface area contributed by atoms with Gasteiger partial charge in [-0.1, -0.05) is 0 Å². The van der Waals surface area contributed by atoms with E-state index < -0.39 is 5.97 Å². The zero-order valence-corrected chi connectivity index (χ0v) is 8.79. The molecule has 0 N–H and O–H groups in total. The van der Waals surface area contributed by atoms with Gasteiger partial charge < -0.3 is 9.47 Å². The van der Waals surface area contributed by atoms with E-state index in [0.717, 1.165) is 0 Å². The van der Waals surface area contributed by atoms with Crippen LogP contribution in [-0.4, -0.2) is 25.2 Å². The van der Waals surface area contributed by atoms with E-state index in [0.29, 0.717) is 10.4 Å². The summed E-state index contributed by atoms with van der Waals surface area (Å²) in [5, 5.41) is 0. The van der Waals surface area contributed by atoms with Crippen LogP contribution in [-0.2, 0) is 4.74 Å². The topological polar surface area (TPSA) is 48.4 Å². The third kappa shape index (κ3) is 2.42. The molecule has 5 heteroatoms. The Bertz CT molecular complexity index is 327. The van der Waals surface area contributed by atoms with Gasteiger partial charge in [0.15, 0.2) is 5.69 Å². The van der Waals surface area contributed by atoms with Gasteiger partial charge in [-0.05, 0) is 15.9 Å². The molecule has 0 saturated heterocycles. The van der Waals surface area contributed by atoms with Crippen LogP contribution in [0.5, 0.6) is 5.75 Å². The van der Waals surface area contributed by atoms with Gasteiger partial charge in [-0.2, -0.15) is 0 Å². The maximum atomic E-state index is 11.1. The summed E-state index contributed by atoms with van der Waals surface area (Å²) in [6.45, 7) is 0. The summed E-state index contributed by atoms with van der Waals surface area (Å²) in [5.41, 5.74) is 0.216. The van der Waals surface area contributed by atoms with Gasteiger partial charge in [-0.15, -0.1) is 0 Å². The number of rotatable bonds is 2. The Morgan fingerprint density at radius 2 is 2.15 bits per heavy atom. The Morgan fingerprint density at radius 1 is 1.46 bits per heavy atom. The van der Waals surface area contributed by atoms with Crippen molar-refractivity contribution in [1.82, 2.24) is 4.98 Å². The minimum Gasteiger partial charge on any atom is -0.497 e. The highest BCUT2D eigenvalue weighted by Gasteiger charge is 2.09. The van der Waals surface area contributed by atoms with Gasteiger partial charge in [0.25, 0.3) is 0 Å². The molecule has 0 aliphatic carbocycles. The van der Waals surface area contributed by atoms with Gasteiger partial charge in [0.1, 0.15) is 10.4 Å². The Hall–Kier alpha value is -1.10. The summed E-state index contributed by atoms with van der Waals surface area (Å²) >= 11 is 3.15. The van der Waals surface area contributed by atoms with E-state index in [1.54, 1.807) is 6.07 Å². The molecule has 0 atom stereocenters. The molecule has 0 aliphatic rings. The third-order valence-corrected chi connectivity index (χ3v) is 1.80. The van der Waals surface area contributed by atoms with Gasteiger partial charge in [0.2, 0.25) is 0 Å². The summed E-state index contributed by atoms with van der Waals surface area (Å²) in [6.07, 6.45) is 0. The van der Waals surface area contributed by atoms with Crippen LogP contribution >= 0.6 is 15.9 Å². The highest BCUT2D eigenvalue weighted by Crippen LogP contribution is 2.17. The van der Waals surface area contributed by atoms with Crippen molar-refractivity contribution in [3.63, 3.8) is 0 Å². The fraction of sp³-hybridized carbons (Fsp3) is 0.250. The van der Waals surface area contributed by atoms with Crippen LogP contribution < -0.4 is 4.74 Å². The molecule has 13 heavy (non-hydrogen) atoms. The van der Waals surface area contributed by atoms with Crippen LogP contribution in [0, 0.1) is 0 Å². The number of aromatic nitrogens is 1. The summed E-state index contributed by atoms with van der Waals surface area (Å²) in [5.74, 6) is 0.0712. The van der Waals surface area contributed by atoms with Crippen molar-refractivity contribution in [2.45, 2.75) is 0 Å². The second-order valence-corrected chi connectivity index (χ2v) is 3.02. The van der Waals surface area contributed by atoms with E-state index in [4.69, 9.17) is 4.74 Å². The molecule has 4 nitrogen and oxygen atoms in total. The number of hydrogen-bond donors (Lipinski definition) is 0. The zero-order valence-electron chi connectivity index (χ0n) is 7.20. The number of pyridine rings is 1. The normalized spacial score (nSPS) is 9.46. The first-order chi connectivity index (χ1) is 6.17. The SMILES string of the molecule is COC(=O)c1cc(OC)cc(Br)n1. The second kappa shape index (κ2) is 4.23. The average Bonchev–Trinajstić information content (AvgIpc) is 2.15. The summed E-state index contributed by atoms with van der Waals surface area (Å²) in [6, 6.07) is 3.17. The first kappa shape index (κ1) is 9.98. The summed E-state index contributed by atoms with van der Waals surface area (Å²) < 4.78 is 10.00. The van der Waals surface area contributed by atoms with Crippen molar-refractivity contribution >= 4 is 21.9 Å². The van der Waals surface area contributed by atoms with Crippen LogP contribution in [0.25, 0.3) is 0 Å². The van der Waals surface area contributed by atoms with Crippen LogP contribution in [0.3, 0.4) is 0 Å². The minimum atomic E-state index is -0.486.